The lowest BCUT2D eigenvalue weighted by Crippen LogP contribution is -2.14. The number of pyridine rings is 1. The average Bonchev–Trinajstić information content (AvgIpc) is 2.49. The van der Waals surface area contributed by atoms with E-state index in [1.54, 1.807) is 0 Å². The smallest absolute Gasteiger partial charge is 0.259 e. The van der Waals surface area contributed by atoms with Crippen molar-refractivity contribution in [3.63, 3.8) is 0 Å². The summed E-state index contributed by atoms with van der Waals surface area (Å²) in [5.41, 5.74) is 0.440. The van der Waals surface area contributed by atoms with Gasteiger partial charge in [0.25, 0.3) is 5.91 Å². The lowest BCUT2D eigenvalue weighted by molar-refractivity contribution is 0.102. The maximum absolute atomic E-state index is 12.3. The minimum Gasteiger partial charge on any atom is -0.305 e. The molecule has 1 aromatic carbocycles. The molecule has 3 rings (SSSR count). The van der Waals surface area contributed by atoms with E-state index in [4.69, 9.17) is 11.6 Å². The Morgan fingerprint density at radius 2 is 1.85 bits per heavy atom. The van der Waals surface area contributed by atoms with E-state index in [-0.39, 0.29) is 5.91 Å². The van der Waals surface area contributed by atoms with Gasteiger partial charge in [-0.05, 0) is 5.39 Å². The summed E-state index contributed by atoms with van der Waals surface area (Å²) in [6.07, 6.45) is 5.97. The van der Waals surface area contributed by atoms with Crippen LogP contribution in [0.15, 0.2) is 49.1 Å². The van der Waals surface area contributed by atoms with Crippen LogP contribution in [0, 0.1) is 0 Å². The molecule has 2 heterocycles. The molecule has 20 heavy (non-hydrogen) atoms. The first-order chi connectivity index (χ1) is 9.75. The van der Waals surface area contributed by atoms with Crippen LogP contribution in [-0.4, -0.2) is 20.9 Å². The molecular weight excluding hydrogens is 276 g/mol. The SMILES string of the molecule is O=C(Nc1cnccn1)c1cnc(Cl)c2ccccc12. The third-order valence-corrected chi connectivity index (χ3v) is 3.10. The van der Waals surface area contributed by atoms with Crippen molar-refractivity contribution in [2.45, 2.75) is 0 Å². The number of aromatic nitrogens is 3. The van der Waals surface area contributed by atoms with Crippen LogP contribution in [0.2, 0.25) is 5.15 Å². The maximum atomic E-state index is 12.3. The van der Waals surface area contributed by atoms with Crippen LogP contribution in [-0.2, 0) is 0 Å². The fourth-order valence-electron chi connectivity index (χ4n) is 1.89. The van der Waals surface area contributed by atoms with E-state index in [0.717, 1.165) is 10.8 Å². The van der Waals surface area contributed by atoms with Crippen molar-refractivity contribution in [2.24, 2.45) is 0 Å². The number of hydrogen-bond acceptors (Lipinski definition) is 4. The second-order valence-electron chi connectivity index (χ2n) is 4.05. The molecule has 0 aliphatic rings. The zero-order valence-corrected chi connectivity index (χ0v) is 11.0. The zero-order chi connectivity index (χ0) is 13.9. The third-order valence-electron chi connectivity index (χ3n) is 2.80. The lowest BCUT2D eigenvalue weighted by Gasteiger charge is -2.07. The number of nitrogens with zero attached hydrogens (tertiary/aromatic N) is 3. The summed E-state index contributed by atoms with van der Waals surface area (Å²) in [6.45, 7) is 0. The third kappa shape index (κ3) is 2.31. The summed E-state index contributed by atoms with van der Waals surface area (Å²) < 4.78 is 0. The number of rotatable bonds is 2. The van der Waals surface area contributed by atoms with E-state index < -0.39 is 0 Å². The molecule has 0 aliphatic carbocycles. The van der Waals surface area contributed by atoms with Crippen molar-refractivity contribution in [2.75, 3.05) is 5.32 Å². The number of benzene rings is 1. The van der Waals surface area contributed by atoms with Gasteiger partial charge in [0.15, 0.2) is 5.82 Å². The molecule has 1 amide bonds. The van der Waals surface area contributed by atoms with Crippen LogP contribution in [0.3, 0.4) is 0 Å². The van der Waals surface area contributed by atoms with Gasteiger partial charge in [0.1, 0.15) is 5.15 Å². The first-order valence-electron chi connectivity index (χ1n) is 5.86. The maximum Gasteiger partial charge on any atom is 0.259 e. The van der Waals surface area contributed by atoms with Crippen LogP contribution >= 0.6 is 11.6 Å². The van der Waals surface area contributed by atoms with Gasteiger partial charge >= 0.3 is 0 Å². The second kappa shape index (κ2) is 5.22. The molecule has 98 valence electrons. The summed E-state index contributed by atoms with van der Waals surface area (Å²) in [5, 5.41) is 4.53. The number of fused-ring (bicyclic) bond motifs is 1. The quantitative estimate of drug-likeness (QED) is 0.735. The van der Waals surface area contributed by atoms with Crippen molar-refractivity contribution >= 4 is 34.1 Å². The van der Waals surface area contributed by atoms with Gasteiger partial charge in [0.05, 0.1) is 11.8 Å². The molecule has 1 N–H and O–H groups in total. The predicted molar refractivity (Wildman–Crippen MR) is 76.7 cm³/mol. The van der Waals surface area contributed by atoms with Crippen LogP contribution in [0.4, 0.5) is 5.82 Å². The van der Waals surface area contributed by atoms with Gasteiger partial charge in [-0.2, -0.15) is 0 Å². The molecule has 0 spiro atoms. The van der Waals surface area contributed by atoms with Gasteiger partial charge in [-0.1, -0.05) is 35.9 Å². The lowest BCUT2D eigenvalue weighted by atomic mass is 10.1. The van der Waals surface area contributed by atoms with Gasteiger partial charge in [0.2, 0.25) is 0 Å². The second-order valence-corrected chi connectivity index (χ2v) is 4.41. The Bertz CT molecular complexity index is 776. The number of carbonyl (C=O) groups is 1. The Balaban J connectivity index is 2.02. The average molecular weight is 285 g/mol. The van der Waals surface area contributed by atoms with E-state index in [2.05, 4.69) is 20.3 Å². The standard InChI is InChI=1S/C14H9ClN4O/c15-13-10-4-2-1-3-9(10)11(7-18-13)14(20)19-12-8-16-5-6-17-12/h1-8H,(H,17,19,20). The Hall–Kier alpha value is -2.53. The number of amides is 1. The minimum atomic E-state index is -0.300. The number of carbonyl (C=O) groups excluding carboxylic acids is 1. The summed E-state index contributed by atoms with van der Waals surface area (Å²) in [5.74, 6) is 0.0856. The largest absolute Gasteiger partial charge is 0.305 e. The Morgan fingerprint density at radius 3 is 2.60 bits per heavy atom. The molecule has 2 aromatic heterocycles. The number of hydrogen-bond donors (Lipinski definition) is 1. The van der Waals surface area contributed by atoms with Gasteiger partial charge in [-0.25, -0.2) is 9.97 Å². The predicted octanol–water partition coefficient (Wildman–Crippen LogP) is 2.93. The van der Waals surface area contributed by atoms with Crippen molar-refractivity contribution in [1.29, 1.82) is 0 Å². The molecule has 0 atom stereocenters. The van der Waals surface area contributed by atoms with E-state index in [0.29, 0.717) is 16.5 Å². The monoisotopic (exact) mass is 284 g/mol. The fourth-order valence-corrected chi connectivity index (χ4v) is 2.10. The van der Waals surface area contributed by atoms with E-state index in [1.165, 1.54) is 24.8 Å². The molecule has 0 radical (unpaired) electrons. The molecule has 0 unspecified atom stereocenters. The number of nitrogens with one attached hydrogen (secondary N) is 1. The highest BCUT2D eigenvalue weighted by Gasteiger charge is 2.13. The van der Waals surface area contributed by atoms with Gasteiger partial charge in [-0.3, -0.25) is 9.78 Å². The highest BCUT2D eigenvalue weighted by Crippen LogP contribution is 2.24. The molecule has 0 saturated carbocycles. The highest BCUT2D eigenvalue weighted by molar-refractivity contribution is 6.35. The summed E-state index contributed by atoms with van der Waals surface area (Å²) in [6, 6.07) is 7.34. The van der Waals surface area contributed by atoms with Gasteiger partial charge in [0, 0.05) is 24.0 Å². The van der Waals surface area contributed by atoms with Crippen LogP contribution in [0.5, 0.6) is 0 Å². The Morgan fingerprint density at radius 1 is 1.05 bits per heavy atom. The Labute approximate surface area is 119 Å². The first kappa shape index (κ1) is 12.5. The van der Waals surface area contributed by atoms with E-state index in [1.807, 2.05) is 24.3 Å². The highest BCUT2D eigenvalue weighted by atomic mass is 35.5. The van der Waals surface area contributed by atoms with Crippen molar-refractivity contribution in [1.82, 2.24) is 15.0 Å². The van der Waals surface area contributed by atoms with E-state index in [9.17, 15) is 4.79 Å². The van der Waals surface area contributed by atoms with Crippen molar-refractivity contribution < 1.29 is 4.79 Å². The van der Waals surface area contributed by atoms with Crippen LogP contribution in [0.25, 0.3) is 10.8 Å². The molecule has 6 heteroatoms. The molecule has 0 bridgehead atoms. The fraction of sp³-hybridized carbons (Fsp3) is 0. The molecule has 0 saturated heterocycles. The van der Waals surface area contributed by atoms with Crippen molar-refractivity contribution in [3.05, 3.63) is 59.8 Å². The molecule has 3 aromatic rings. The van der Waals surface area contributed by atoms with Crippen LogP contribution in [0.1, 0.15) is 10.4 Å². The topological polar surface area (TPSA) is 67.8 Å². The molecule has 0 aliphatic heterocycles. The first-order valence-corrected chi connectivity index (χ1v) is 6.24. The summed E-state index contributed by atoms with van der Waals surface area (Å²) >= 11 is 6.03. The zero-order valence-electron chi connectivity index (χ0n) is 10.2. The number of anilines is 1. The Kier molecular flexibility index (Phi) is 3.26. The number of halogens is 1. The molecule has 0 fully saturated rings. The van der Waals surface area contributed by atoms with Crippen molar-refractivity contribution in [3.8, 4) is 0 Å². The van der Waals surface area contributed by atoms with Crippen LogP contribution < -0.4 is 5.32 Å². The van der Waals surface area contributed by atoms with Gasteiger partial charge < -0.3 is 5.32 Å². The summed E-state index contributed by atoms with van der Waals surface area (Å²) in [4.78, 5) is 24.2. The van der Waals surface area contributed by atoms with Gasteiger partial charge in [-0.15, -0.1) is 0 Å². The van der Waals surface area contributed by atoms with E-state index >= 15 is 0 Å². The molecule has 5 nitrogen and oxygen atoms in total. The normalized spacial score (nSPS) is 10.4. The minimum absolute atomic E-state index is 0.300. The molecular formula is C14H9ClN4O. The summed E-state index contributed by atoms with van der Waals surface area (Å²) in [7, 11) is 0.